The highest BCUT2D eigenvalue weighted by Crippen LogP contribution is 2.28. The number of rotatable bonds is 7. The number of aryl methyl sites for hydroxylation is 1. The molecule has 0 spiro atoms. The topological polar surface area (TPSA) is 102 Å². The molecule has 0 aliphatic heterocycles. The molecule has 2 aromatic heterocycles. The number of anilines is 2. The first kappa shape index (κ1) is 20.2. The maximum absolute atomic E-state index is 13.2. The van der Waals surface area contributed by atoms with Crippen LogP contribution in [-0.4, -0.2) is 28.4 Å². The van der Waals surface area contributed by atoms with Crippen molar-refractivity contribution >= 4 is 22.4 Å². The molecule has 3 N–H and O–H groups in total. The van der Waals surface area contributed by atoms with Crippen molar-refractivity contribution < 1.29 is 9.13 Å². The van der Waals surface area contributed by atoms with Crippen LogP contribution in [0.2, 0.25) is 0 Å². The number of fused-ring (bicyclic) bond motifs is 1. The maximum Gasteiger partial charge on any atom is 0.145 e. The minimum absolute atomic E-state index is 0.254. The molecule has 7 nitrogen and oxygen atoms in total. The molecule has 4 rings (SSSR count). The third-order valence-electron chi connectivity index (χ3n) is 5.04. The number of ether oxygens (including phenoxy) is 1. The van der Waals surface area contributed by atoms with Crippen LogP contribution in [-0.2, 0) is 6.42 Å². The number of nitrogens with zero attached hydrogens (tertiary/aromatic N) is 4. The van der Waals surface area contributed by atoms with Gasteiger partial charge in [-0.05, 0) is 49.2 Å². The minimum atomic E-state index is -0.345. The number of pyridine rings is 1. The molecule has 0 bridgehead atoms. The minimum Gasteiger partial charge on any atom is -0.494 e. The van der Waals surface area contributed by atoms with Crippen LogP contribution in [0.1, 0.15) is 17.7 Å². The molecule has 0 fully saturated rings. The zero-order chi connectivity index (χ0) is 21.8. The Kier molecular flexibility index (Phi) is 5.67. The Hall–Kier alpha value is -4.12. The molecule has 31 heavy (non-hydrogen) atoms. The Morgan fingerprint density at radius 2 is 2.00 bits per heavy atom. The molecule has 8 heteroatoms. The lowest BCUT2D eigenvalue weighted by Crippen LogP contribution is -2.05. The van der Waals surface area contributed by atoms with Crippen molar-refractivity contribution in [3.8, 4) is 17.5 Å². The van der Waals surface area contributed by atoms with Crippen molar-refractivity contribution in [1.82, 2.24) is 14.8 Å². The lowest BCUT2D eigenvalue weighted by atomic mass is 10.1. The van der Waals surface area contributed by atoms with E-state index in [0.717, 1.165) is 28.8 Å². The van der Waals surface area contributed by atoms with E-state index in [9.17, 15) is 9.65 Å². The summed E-state index contributed by atoms with van der Waals surface area (Å²) >= 11 is 0. The monoisotopic (exact) mass is 416 g/mol. The van der Waals surface area contributed by atoms with E-state index in [2.05, 4.69) is 21.5 Å². The van der Waals surface area contributed by atoms with Crippen LogP contribution in [0.3, 0.4) is 0 Å². The third kappa shape index (κ3) is 3.98. The molecule has 0 radical (unpaired) electrons. The van der Waals surface area contributed by atoms with Crippen LogP contribution in [0, 0.1) is 17.1 Å². The molecule has 4 aromatic rings. The normalized spacial score (nSPS) is 10.7. The summed E-state index contributed by atoms with van der Waals surface area (Å²) in [7, 11) is 1.63. The largest absolute Gasteiger partial charge is 0.494 e. The van der Waals surface area contributed by atoms with E-state index < -0.39 is 0 Å². The third-order valence-corrected chi connectivity index (χ3v) is 5.04. The Morgan fingerprint density at radius 1 is 1.19 bits per heavy atom. The summed E-state index contributed by atoms with van der Waals surface area (Å²) in [4.78, 5) is 4.41. The van der Waals surface area contributed by atoms with Gasteiger partial charge in [-0.1, -0.05) is 12.1 Å². The van der Waals surface area contributed by atoms with Gasteiger partial charge < -0.3 is 15.8 Å². The summed E-state index contributed by atoms with van der Waals surface area (Å²) < 4.78 is 20.1. The van der Waals surface area contributed by atoms with E-state index in [1.807, 2.05) is 24.3 Å². The summed E-state index contributed by atoms with van der Waals surface area (Å²) in [5.74, 6) is 0.633. The van der Waals surface area contributed by atoms with Gasteiger partial charge in [0.25, 0.3) is 0 Å². The van der Waals surface area contributed by atoms with Gasteiger partial charge in [0.1, 0.15) is 34.5 Å². The van der Waals surface area contributed by atoms with Crippen LogP contribution < -0.4 is 15.8 Å². The lowest BCUT2D eigenvalue weighted by molar-refractivity contribution is 0.419. The van der Waals surface area contributed by atoms with E-state index in [-0.39, 0.29) is 11.6 Å². The average Bonchev–Trinajstić information content (AvgIpc) is 3.12. The number of benzene rings is 2. The molecule has 156 valence electrons. The number of nitriles is 1. The van der Waals surface area contributed by atoms with Crippen molar-refractivity contribution in [3.63, 3.8) is 0 Å². The van der Waals surface area contributed by atoms with E-state index in [1.165, 1.54) is 16.8 Å². The molecule has 0 unspecified atom stereocenters. The molecule has 2 aromatic carbocycles. The molecular formula is C23H21FN6O. The van der Waals surface area contributed by atoms with Crippen LogP contribution in [0.5, 0.6) is 5.75 Å². The van der Waals surface area contributed by atoms with Crippen molar-refractivity contribution in [2.45, 2.75) is 12.8 Å². The number of para-hydroxylation sites is 1. The number of hydrogen-bond acceptors (Lipinski definition) is 6. The van der Waals surface area contributed by atoms with Crippen molar-refractivity contribution in [1.29, 1.82) is 5.26 Å². The summed E-state index contributed by atoms with van der Waals surface area (Å²) in [6.07, 6.45) is 3.05. The Labute approximate surface area is 178 Å². The smallest absolute Gasteiger partial charge is 0.145 e. The van der Waals surface area contributed by atoms with Crippen molar-refractivity contribution in [3.05, 3.63) is 71.8 Å². The van der Waals surface area contributed by atoms with E-state index >= 15 is 0 Å². The lowest BCUT2D eigenvalue weighted by Gasteiger charge is -2.11. The molecule has 0 atom stereocenters. The summed E-state index contributed by atoms with van der Waals surface area (Å²) in [5, 5.41) is 18.4. The second-order valence-corrected chi connectivity index (χ2v) is 6.95. The van der Waals surface area contributed by atoms with Gasteiger partial charge in [-0.3, -0.25) is 4.98 Å². The average molecular weight is 416 g/mol. The molecule has 0 amide bonds. The SMILES string of the molecule is COc1cccc2c(NCCCc3nn(-c4ccc(F)cc4)c(N)c3C#N)ccnc12. The molecule has 0 saturated heterocycles. The second kappa shape index (κ2) is 8.71. The van der Waals surface area contributed by atoms with Gasteiger partial charge in [0, 0.05) is 23.8 Å². The van der Waals surface area contributed by atoms with Crippen LogP contribution in [0.15, 0.2) is 54.7 Å². The first-order valence-electron chi connectivity index (χ1n) is 9.81. The number of nitrogen functional groups attached to an aromatic ring is 1. The van der Waals surface area contributed by atoms with Crippen molar-refractivity contribution in [2.24, 2.45) is 0 Å². The number of nitrogens with one attached hydrogen (secondary N) is 1. The van der Waals surface area contributed by atoms with Crippen LogP contribution in [0.25, 0.3) is 16.6 Å². The summed E-state index contributed by atoms with van der Waals surface area (Å²) in [5.41, 5.74) is 9.45. The van der Waals surface area contributed by atoms with E-state index in [1.54, 1.807) is 25.4 Å². The first-order valence-corrected chi connectivity index (χ1v) is 9.81. The Bertz CT molecular complexity index is 1260. The molecule has 2 heterocycles. The van der Waals surface area contributed by atoms with Gasteiger partial charge in [0.15, 0.2) is 0 Å². The van der Waals surface area contributed by atoms with Gasteiger partial charge in [-0.2, -0.15) is 10.4 Å². The Morgan fingerprint density at radius 3 is 2.74 bits per heavy atom. The highest BCUT2D eigenvalue weighted by Gasteiger charge is 2.16. The molecule has 0 saturated carbocycles. The standard InChI is InChI=1S/C23H21FN6O/c1-31-21-6-2-4-17-19(11-13-28-22(17)21)27-12-3-5-20-18(14-25)23(26)30(29-20)16-9-7-15(24)8-10-16/h2,4,6-11,13H,3,5,12,26H2,1H3,(H,27,28). The highest BCUT2D eigenvalue weighted by atomic mass is 19.1. The number of methoxy groups -OCH3 is 1. The number of nitrogens with two attached hydrogens (primary N) is 1. The highest BCUT2D eigenvalue weighted by molar-refractivity contribution is 5.94. The quantitative estimate of drug-likeness (QED) is 0.441. The van der Waals surface area contributed by atoms with E-state index in [4.69, 9.17) is 10.5 Å². The maximum atomic E-state index is 13.2. The number of hydrogen-bond donors (Lipinski definition) is 2. The first-order chi connectivity index (χ1) is 15.1. The fourth-order valence-electron chi connectivity index (χ4n) is 3.50. The van der Waals surface area contributed by atoms with Crippen molar-refractivity contribution in [2.75, 3.05) is 24.7 Å². The van der Waals surface area contributed by atoms with Gasteiger partial charge in [-0.15, -0.1) is 0 Å². The predicted octanol–water partition coefficient (Wildman–Crippen LogP) is 4.07. The van der Waals surface area contributed by atoms with Crippen LogP contribution >= 0.6 is 0 Å². The van der Waals surface area contributed by atoms with Gasteiger partial charge in [0.05, 0.1) is 18.5 Å². The molecular weight excluding hydrogens is 395 g/mol. The number of aromatic nitrogens is 3. The zero-order valence-electron chi connectivity index (χ0n) is 17.0. The molecule has 0 aliphatic rings. The fourth-order valence-corrected chi connectivity index (χ4v) is 3.50. The van der Waals surface area contributed by atoms with Gasteiger partial charge in [-0.25, -0.2) is 9.07 Å². The predicted molar refractivity (Wildman–Crippen MR) is 118 cm³/mol. The second-order valence-electron chi connectivity index (χ2n) is 6.95. The summed E-state index contributed by atoms with van der Waals surface area (Å²) in [6, 6.07) is 15.7. The summed E-state index contributed by atoms with van der Waals surface area (Å²) in [6.45, 7) is 0.671. The van der Waals surface area contributed by atoms with Gasteiger partial charge in [0.2, 0.25) is 0 Å². The van der Waals surface area contributed by atoms with Gasteiger partial charge >= 0.3 is 0 Å². The fraction of sp³-hybridized carbons (Fsp3) is 0.174. The number of halogens is 1. The molecule has 0 aliphatic carbocycles. The van der Waals surface area contributed by atoms with Crippen LogP contribution in [0.4, 0.5) is 15.9 Å². The zero-order valence-corrected chi connectivity index (χ0v) is 17.0. The Balaban J connectivity index is 1.47. The van der Waals surface area contributed by atoms with E-state index in [0.29, 0.717) is 29.9 Å².